The van der Waals surface area contributed by atoms with E-state index in [0.29, 0.717) is 6.61 Å². The molecule has 0 heterocycles. The van der Waals surface area contributed by atoms with Crippen LogP contribution >= 0.6 is 0 Å². The molecule has 0 aromatic heterocycles. The molecule has 1 N–H and O–H groups in total. The summed E-state index contributed by atoms with van der Waals surface area (Å²) in [5.41, 5.74) is 1.79. The standard InChI is InChI=1S/C16H17F2NO/c1-11(16-13(17)7-5-8-14(16)18)19-15-9-4-3-6-12(15)10-20-2/h3-9,11,19H,10H2,1-2H3. The van der Waals surface area contributed by atoms with Crippen LogP contribution in [0.5, 0.6) is 0 Å². The van der Waals surface area contributed by atoms with Gasteiger partial charge >= 0.3 is 0 Å². The minimum atomic E-state index is -0.547. The van der Waals surface area contributed by atoms with Crippen molar-refractivity contribution in [2.24, 2.45) is 0 Å². The molecule has 0 fully saturated rings. The molecule has 20 heavy (non-hydrogen) atoms. The van der Waals surface area contributed by atoms with Crippen LogP contribution in [0, 0.1) is 11.6 Å². The number of para-hydroxylation sites is 1. The molecule has 2 aromatic rings. The summed E-state index contributed by atoms with van der Waals surface area (Å²) in [5, 5.41) is 3.13. The number of nitrogens with one attached hydrogen (secondary N) is 1. The molecule has 0 aliphatic carbocycles. The van der Waals surface area contributed by atoms with E-state index in [1.807, 2.05) is 24.3 Å². The van der Waals surface area contributed by atoms with Gasteiger partial charge in [-0.05, 0) is 25.1 Å². The van der Waals surface area contributed by atoms with Crippen molar-refractivity contribution >= 4 is 5.69 Å². The van der Waals surface area contributed by atoms with Gasteiger partial charge in [-0.1, -0.05) is 24.3 Å². The van der Waals surface area contributed by atoms with E-state index in [-0.39, 0.29) is 5.56 Å². The van der Waals surface area contributed by atoms with E-state index in [1.165, 1.54) is 18.2 Å². The lowest BCUT2D eigenvalue weighted by Gasteiger charge is -2.19. The second-order valence-corrected chi connectivity index (χ2v) is 4.59. The highest BCUT2D eigenvalue weighted by Crippen LogP contribution is 2.26. The summed E-state index contributed by atoms with van der Waals surface area (Å²) < 4.78 is 32.6. The van der Waals surface area contributed by atoms with Gasteiger partial charge in [0.15, 0.2) is 0 Å². The van der Waals surface area contributed by atoms with Gasteiger partial charge < -0.3 is 10.1 Å². The summed E-state index contributed by atoms with van der Waals surface area (Å²) in [6, 6.07) is 10.9. The van der Waals surface area contributed by atoms with E-state index in [1.54, 1.807) is 14.0 Å². The number of anilines is 1. The molecular formula is C16H17F2NO. The number of rotatable bonds is 5. The van der Waals surface area contributed by atoms with Crippen LogP contribution in [0.2, 0.25) is 0 Å². The maximum Gasteiger partial charge on any atom is 0.131 e. The first-order valence-electron chi connectivity index (χ1n) is 6.40. The van der Waals surface area contributed by atoms with Gasteiger partial charge in [0.05, 0.1) is 12.6 Å². The molecule has 0 aliphatic heterocycles. The maximum atomic E-state index is 13.7. The van der Waals surface area contributed by atoms with Crippen molar-refractivity contribution in [3.05, 3.63) is 65.2 Å². The van der Waals surface area contributed by atoms with E-state index in [4.69, 9.17) is 4.74 Å². The minimum Gasteiger partial charge on any atom is -0.380 e. The molecule has 0 bridgehead atoms. The van der Waals surface area contributed by atoms with Crippen molar-refractivity contribution in [1.82, 2.24) is 0 Å². The maximum absolute atomic E-state index is 13.7. The molecule has 0 amide bonds. The number of halogens is 2. The lowest BCUT2D eigenvalue weighted by atomic mass is 10.1. The second-order valence-electron chi connectivity index (χ2n) is 4.59. The topological polar surface area (TPSA) is 21.3 Å². The SMILES string of the molecule is COCc1ccccc1NC(C)c1c(F)cccc1F. The minimum absolute atomic E-state index is 0.0414. The van der Waals surface area contributed by atoms with Crippen molar-refractivity contribution < 1.29 is 13.5 Å². The van der Waals surface area contributed by atoms with Gasteiger partial charge in [-0.3, -0.25) is 0 Å². The van der Waals surface area contributed by atoms with Crippen molar-refractivity contribution in [1.29, 1.82) is 0 Å². The summed E-state index contributed by atoms with van der Waals surface area (Å²) in [5.74, 6) is -1.09. The molecule has 106 valence electrons. The number of methoxy groups -OCH3 is 1. The molecular weight excluding hydrogens is 260 g/mol. The highest BCUT2D eigenvalue weighted by Gasteiger charge is 2.16. The monoisotopic (exact) mass is 277 g/mol. The van der Waals surface area contributed by atoms with Gasteiger partial charge in [0.2, 0.25) is 0 Å². The summed E-state index contributed by atoms with van der Waals surface area (Å²) in [6.07, 6.45) is 0. The fourth-order valence-corrected chi connectivity index (χ4v) is 2.17. The average Bonchev–Trinajstić information content (AvgIpc) is 2.41. The van der Waals surface area contributed by atoms with Gasteiger partial charge in [0.25, 0.3) is 0 Å². The zero-order chi connectivity index (χ0) is 14.5. The Morgan fingerprint density at radius 3 is 2.35 bits per heavy atom. The van der Waals surface area contributed by atoms with Crippen LogP contribution in [0.1, 0.15) is 24.1 Å². The van der Waals surface area contributed by atoms with Crippen molar-refractivity contribution in [2.45, 2.75) is 19.6 Å². The third kappa shape index (κ3) is 3.14. The Hall–Kier alpha value is -1.94. The Kier molecular flexibility index (Phi) is 4.69. The Balaban J connectivity index is 2.26. The van der Waals surface area contributed by atoms with Gasteiger partial charge in [-0.25, -0.2) is 8.78 Å². The molecule has 1 unspecified atom stereocenters. The Morgan fingerprint density at radius 2 is 1.70 bits per heavy atom. The smallest absolute Gasteiger partial charge is 0.131 e. The van der Waals surface area contributed by atoms with E-state index in [2.05, 4.69) is 5.32 Å². The van der Waals surface area contributed by atoms with Crippen LogP contribution in [0.4, 0.5) is 14.5 Å². The van der Waals surface area contributed by atoms with Crippen LogP contribution in [-0.2, 0) is 11.3 Å². The predicted molar refractivity (Wildman–Crippen MR) is 75.6 cm³/mol. The van der Waals surface area contributed by atoms with E-state index in [0.717, 1.165) is 11.3 Å². The summed E-state index contributed by atoms with van der Waals surface area (Å²) in [4.78, 5) is 0. The number of ether oxygens (including phenoxy) is 1. The van der Waals surface area contributed by atoms with E-state index in [9.17, 15) is 8.78 Å². The lowest BCUT2D eigenvalue weighted by Crippen LogP contribution is -2.12. The molecule has 0 saturated carbocycles. The Morgan fingerprint density at radius 1 is 1.05 bits per heavy atom. The van der Waals surface area contributed by atoms with Crippen LogP contribution < -0.4 is 5.32 Å². The normalized spacial score (nSPS) is 12.2. The number of hydrogen-bond acceptors (Lipinski definition) is 2. The number of hydrogen-bond donors (Lipinski definition) is 1. The lowest BCUT2D eigenvalue weighted by molar-refractivity contribution is 0.185. The van der Waals surface area contributed by atoms with Crippen LogP contribution in [0.3, 0.4) is 0 Å². The highest BCUT2D eigenvalue weighted by atomic mass is 19.1. The first kappa shape index (κ1) is 14.5. The van der Waals surface area contributed by atoms with Crippen LogP contribution in [0.25, 0.3) is 0 Å². The van der Waals surface area contributed by atoms with Crippen LogP contribution in [0.15, 0.2) is 42.5 Å². The second kappa shape index (κ2) is 6.48. The summed E-state index contributed by atoms with van der Waals surface area (Å²) in [6.45, 7) is 2.17. The fraction of sp³-hybridized carbons (Fsp3) is 0.250. The summed E-state index contributed by atoms with van der Waals surface area (Å²) in [7, 11) is 1.61. The molecule has 2 aromatic carbocycles. The van der Waals surface area contributed by atoms with Gasteiger partial charge in [-0.2, -0.15) is 0 Å². The van der Waals surface area contributed by atoms with Gasteiger partial charge in [-0.15, -0.1) is 0 Å². The molecule has 2 nitrogen and oxygen atoms in total. The molecule has 0 aliphatic rings. The largest absolute Gasteiger partial charge is 0.380 e. The molecule has 4 heteroatoms. The predicted octanol–water partition coefficient (Wildman–Crippen LogP) is 4.28. The Labute approximate surface area is 117 Å². The van der Waals surface area contributed by atoms with Crippen molar-refractivity contribution in [3.8, 4) is 0 Å². The number of benzene rings is 2. The van der Waals surface area contributed by atoms with E-state index < -0.39 is 17.7 Å². The molecule has 0 saturated heterocycles. The van der Waals surface area contributed by atoms with Gasteiger partial charge in [0, 0.05) is 23.9 Å². The third-order valence-electron chi connectivity index (χ3n) is 3.12. The van der Waals surface area contributed by atoms with E-state index >= 15 is 0 Å². The molecule has 1 atom stereocenters. The fourth-order valence-electron chi connectivity index (χ4n) is 2.17. The zero-order valence-electron chi connectivity index (χ0n) is 11.5. The highest BCUT2D eigenvalue weighted by molar-refractivity contribution is 5.52. The summed E-state index contributed by atoms with van der Waals surface area (Å²) >= 11 is 0. The third-order valence-corrected chi connectivity index (χ3v) is 3.12. The molecule has 0 radical (unpaired) electrons. The first-order valence-corrected chi connectivity index (χ1v) is 6.40. The Bertz CT molecular complexity index is 566. The zero-order valence-corrected chi connectivity index (χ0v) is 11.5. The van der Waals surface area contributed by atoms with Crippen LogP contribution in [-0.4, -0.2) is 7.11 Å². The first-order chi connectivity index (χ1) is 9.63. The quantitative estimate of drug-likeness (QED) is 0.880. The van der Waals surface area contributed by atoms with Crippen molar-refractivity contribution in [3.63, 3.8) is 0 Å². The molecule has 0 spiro atoms. The average molecular weight is 277 g/mol. The van der Waals surface area contributed by atoms with Gasteiger partial charge in [0.1, 0.15) is 11.6 Å². The molecule has 2 rings (SSSR count). The van der Waals surface area contributed by atoms with Crippen molar-refractivity contribution in [2.75, 3.05) is 12.4 Å².